The fourth-order valence-electron chi connectivity index (χ4n) is 7.42. The second kappa shape index (κ2) is 22.5. The number of carbonyl (C=O) groups excluding carboxylic acids is 5. The number of likely N-dealkylation sites (N-methyl/N-ethyl adjacent to an activating group) is 1. The van der Waals surface area contributed by atoms with Crippen LogP contribution in [-0.4, -0.2) is 108 Å². The number of fused-ring (bicyclic) bond motifs is 5. The molecule has 356 valence electrons. The molecule has 1 aliphatic heterocycles. The van der Waals surface area contributed by atoms with E-state index in [4.69, 9.17) is 26.7 Å². The third kappa shape index (κ3) is 13.1. The molecule has 6 atom stereocenters. The van der Waals surface area contributed by atoms with Crippen LogP contribution in [0.3, 0.4) is 0 Å². The topological polar surface area (TPSA) is 283 Å². The fraction of sp³-hybridized carbons (Fsp3) is 0.429. The van der Waals surface area contributed by atoms with Crippen LogP contribution in [0.4, 0.5) is 0 Å². The Morgan fingerprint density at radius 2 is 1.57 bits per heavy atom. The standard InChI is InChI=1S/C49H63N11O7/c1-27(52)25-66-40-15-9-31-21-35(40)36-23-33(12-16-41(36)67-26-28(2)53)42(47(64)57-30(4)44(61)59-39(22-31)46(63)54-20-19-51)60(8)48(65)38(17-18-50)58-45(62)37-24-55-43(56-29(37)3)32-10-13-34(14-11-32)49(5,6)7/h9-16,21,23-24,27-28,30,38-39,42H,17-18,20,22,25-26,50,52-53H2,1-8H3,(H,54,63)(H,57,64)(H,58,62)(H,59,61). The van der Waals surface area contributed by atoms with Crippen LogP contribution in [0, 0.1) is 18.3 Å². The van der Waals surface area contributed by atoms with Crippen LogP contribution in [0.5, 0.6) is 11.5 Å². The van der Waals surface area contributed by atoms with Gasteiger partial charge in [0.2, 0.25) is 23.6 Å². The van der Waals surface area contributed by atoms with Crippen LogP contribution < -0.4 is 47.9 Å². The third-order valence-electron chi connectivity index (χ3n) is 11.1. The summed E-state index contributed by atoms with van der Waals surface area (Å²) in [4.78, 5) is 80.7. The molecule has 5 rings (SSSR count). The number of rotatable bonds is 15. The van der Waals surface area contributed by atoms with Crippen LogP contribution in [-0.2, 0) is 31.0 Å². The van der Waals surface area contributed by atoms with Crippen molar-refractivity contribution in [2.24, 2.45) is 17.2 Å². The maximum Gasteiger partial charge on any atom is 0.255 e. The number of hydrogen-bond donors (Lipinski definition) is 7. The Labute approximate surface area is 391 Å². The molecule has 0 fully saturated rings. The molecule has 5 amide bonds. The quantitative estimate of drug-likeness (QED) is 0.0846. The Morgan fingerprint density at radius 3 is 2.15 bits per heavy atom. The van der Waals surface area contributed by atoms with E-state index in [2.05, 4.69) is 52.0 Å². The molecule has 1 aliphatic rings. The maximum atomic E-state index is 14.7. The molecule has 3 aromatic carbocycles. The van der Waals surface area contributed by atoms with Crippen LogP contribution in [0.15, 0.2) is 66.9 Å². The van der Waals surface area contributed by atoms with E-state index >= 15 is 0 Å². The Hall–Kier alpha value is -6.94. The van der Waals surface area contributed by atoms with E-state index in [0.29, 0.717) is 45.3 Å². The first-order valence-electron chi connectivity index (χ1n) is 22.2. The van der Waals surface area contributed by atoms with Crippen molar-refractivity contribution in [3.63, 3.8) is 0 Å². The summed E-state index contributed by atoms with van der Waals surface area (Å²) in [5.74, 6) is -2.19. The largest absolute Gasteiger partial charge is 0.491 e. The van der Waals surface area contributed by atoms with Crippen molar-refractivity contribution in [1.29, 1.82) is 5.26 Å². The van der Waals surface area contributed by atoms with Crippen LogP contribution in [0.25, 0.3) is 22.5 Å². The number of ether oxygens (including phenoxy) is 2. The lowest BCUT2D eigenvalue weighted by Crippen LogP contribution is -2.56. The molecule has 0 saturated carbocycles. The van der Waals surface area contributed by atoms with Crippen LogP contribution in [0.1, 0.15) is 86.7 Å². The molecular weight excluding hydrogens is 855 g/mol. The Balaban J connectivity index is 1.58. The summed E-state index contributed by atoms with van der Waals surface area (Å²) in [6.07, 6.45) is 1.40. The molecule has 4 aromatic rings. The average Bonchev–Trinajstić information content (AvgIpc) is 3.28. The van der Waals surface area contributed by atoms with Gasteiger partial charge in [-0.05, 0) is 87.0 Å². The lowest BCUT2D eigenvalue weighted by atomic mass is 9.87. The van der Waals surface area contributed by atoms with Gasteiger partial charge in [0, 0.05) is 48.4 Å². The highest BCUT2D eigenvalue weighted by Crippen LogP contribution is 2.40. The number of nitrogens with zero attached hydrogens (tertiary/aromatic N) is 4. The smallest absolute Gasteiger partial charge is 0.255 e. The highest BCUT2D eigenvalue weighted by Gasteiger charge is 2.36. The van der Waals surface area contributed by atoms with Crippen molar-refractivity contribution in [3.05, 3.63) is 94.8 Å². The molecule has 0 spiro atoms. The molecule has 0 aliphatic carbocycles. The van der Waals surface area contributed by atoms with E-state index in [9.17, 15) is 29.2 Å². The summed E-state index contributed by atoms with van der Waals surface area (Å²) in [7, 11) is 1.41. The van der Waals surface area contributed by atoms with Crippen molar-refractivity contribution in [2.45, 2.75) is 103 Å². The van der Waals surface area contributed by atoms with Gasteiger partial charge in [-0.15, -0.1) is 0 Å². The van der Waals surface area contributed by atoms with E-state index in [1.54, 1.807) is 57.2 Å². The molecule has 4 bridgehead atoms. The predicted octanol–water partition coefficient (Wildman–Crippen LogP) is 2.70. The minimum absolute atomic E-state index is 0.00220. The number of aryl methyl sites for hydroxylation is 1. The van der Waals surface area contributed by atoms with Gasteiger partial charge in [-0.1, -0.05) is 57.2 Å². The summed E-state index contributed by atoms with van der Waals surface area (Å²) in [5, 5.41) is 19.9. The number of hydrogen-bond acceptors (Lipinski definition) is 13. The number of aromatic nitrogens is 2. The molecule has 1 aromatic heterocycles. The van der Waals surface area contributed by atoms with Gasteiger partial charge in [-0.25, -0.2) is 9.97 Å². The Bertz CT molecular complexity index is 2480. The zero-order valence-electron chi connectivity index (χ0n) is 39.4. The summed E-state index contributed by atoms with van der Waals surface area (Å²) < 4.78 is 12.4. The minimum atomic E-state index is -1.41. The molecule has 67 heavy (non-hydrogen) atoms. The van der Waals surface area contributed by atoms with Crippen molar-refractivity contribution in [2.75, 3.05) is 33.4 Å². The second-order valence-electron chi connectivity index (χ2n) is 18.0. The van der Waals surface area contributed by atoms with E-state index in [1.807, 2.05) is 30.3 Å². The first kappa shape index (κ1) is 51.1. The number of nitrogens with one attached hydrogen (secondary N) is 4. The summed E-state index contributed by atoms with van der Waals surface area (Å²) in [6.45, 7) is 13.0. The van der Waals surface area contributed by atoms with Crippen molar-refractivity contribution < 1.29 is 33.4 Å². The fourth-order valence-corrected chi connectivity index (χ4v) is 7.42. The second-order valence-corrected chi connectivity index (χ2v) is 18.0. The molecule has 0 radical (unpaired) electrons. The van der Waals surface area contributed by atoms with Gasteiger partial charge in [0.1, 0.15) is 55.4 Å². The lowest BCUT2D eigenvalue weighted by molar-refractivity contribution is -0.141. The first-order chi connectivity index (χ1) is 31.7. The van der Waals surface area contributed by atoms with Crippen molar-refractivity contribution >= 4 is 29.5 Å². The highest BCUT2D eigenvalue weighted by atomic mass is 16.5. The zero-order valence-corrected chi connectivity index (χ0v) is 39.4. The van der Waals surface area contributed by atoms with Gasteiger partial charge in [0.05, 0.1) is 17.3 Å². The summed E-state index contributed by atoms with van der Waals surface area (Å²) in [6, 6.07) is 14.2. The predicted molar refractivity (Wildman–Crippen MR) is 253 cm³/mol. The number of benzene rings is 3. The molecule has 6 unspecified atom stereocenters. The zero-order chi connectivity index (χ0) is 49.2. The summed E-state index contributed by atoms with van der Waals surface area (Å²) in [5.41, 5.74) is 22.5. The summed E-state index contributed by atoms with van der Waals surface area (Å²) >= 11 is 0. The lowest BCUT2D eigenvalue weighted by Gasteiger charge is -2.32. The van der Waals surface area contributed by atoms with E-state index in [-0.39, 0.29) is 62.2 Å². The monoisotopic (exact) mass is 917 g/mol. The highest BCUT2D eigenvalue weighted by molar-refractivity contribution is 6.00. The van der Waals surface area contributed by atoms with Gasteiger partial charge < -0.3 is 52.8 Å². The number of nitrogens with two attached hydrogens (primary N) is 3. The molecule has 2 heterocycles. The minimum Gasteiger partial charge on any atom is -0.491 e. The van der Waals surface area contributed by atoms with Gasteiger partial charge in [-0.3, -0.25) is 24.0 Å². The number of amides is 5. The molecular formula is C49H63N11O7. The van der Waals surface area contributed by atoms with E-state index < -0.39 is 53.7 Å². The molecule has 10 N–H and O–H groups in total. The van der Waals surface area contributed by atoms with Crippen molar-refractivity contribution in [3.8, 4) is 40.1 Å². The molecule has 18 heteroatoms. The van der Waals surface area contributed by atoms with Gasteiger partial charge in [-0.2, -0.15) is 5.26 Å². The Morgan fingerprint density at radius 1 is 0.940 bits per heavy atom. The van der Waals surface area contributed by atoms with Crippen LogP contribution in [0.2, 0.25) is 0 Å². The molecule has 18 nitrogen and oxygen atoms in total. The number of carbonyl (C=O) groups is 5. The first-order valence-corrected chi connectivity index (χ1v) is 22.2. The average molecular weight is 918 g/mol. The number of nitriles is 1. The van der Waals surface area contributed by atoms with E-state index in [1.165, 1.54) is 25.1 Å². The van der Waals surface area contributed by atoms with Gasteiger partial charge >= 0.3 is 0 Å². The van der Waals surface area contributed by atoms with Gasteiger partial charge in [0.25, 0.3) is 5.91 Å². The molecule has 0 saturated heterocycles. The Kier molecular flexibility index (Phi) is 17.1. The van der Waals surface area contributed by atoms with Crippen molar-refractivity contribution in [1.82, 2.24) is 36.1 Å². The van der Waals surface area contributed by atoms with E-state index in [0.717, 1.165) is 11.1 Å². The third-order valence-corrected chi connectivity index (χ3v) is 11.1. The SMILES string of the molecule is Cc1nc(-c2ccc(C(C)(C)C)cc2)ncc1C(=O)NC(CCN)C(=O)N(C)C1C(=O)NC(C)C(=O)NC(C(=O)NCC#N)Cc2ccc(OCC(C)N)c(c2)-c2cc1ccc2OCC(C)N. The normalized spacial score (nSPS) is 17.6. The maximum absolute atomic E-state index is 14.7. The van der Waals surface area contributed by atoms with Crippen LogP contribution >= 0.6 is 0 Å². The van der Waals surface area contributed by atoms with Gasteiger partial charge in [0.15, 0.2) is 5.82 Å².